The number of pyridine rings is 1. The summed E-state index contributed by atoms with van der Waals surface area (Å²) in [5, 5.41) is 5.09. The third-order valence-electron chi connectivity index (χ3n) is 2.07. The zero-order valence-corrected chi connectivity index (χ0v) is 10.5. The molecule has 2 amide bonds. The summed E-state index contributed by atoms with van der Waals surface area (Å²) < 4.78 is 5.16. The molecule has 6 nitrogen and oxygen atoms in total. The maximum Gasteiger partial charge on any atom is 0.253 e. The number of nitrogens with one attached hydrogen (secondary N) is 2. The maximum absolute atomic E-state index is 11.7. The molecular weight excluding hydrogens is 234 g/mol. The molecule has 6 heteroatoms. The lowest BCUT2D eigenvalue weighted by Gasteiger charge is -2.06. The highest BCUT2D eigenvalue weighted by Gasteiger charge is 2.08. The van der Waals surface area contributed by atoms with E-state index >= 15 is 0 Å². The minimum Gasteiger partial charge on any atom is -0.478 e. The lowest BCUT2D eigenvalue weighted by Crippen LogP contribution is -2.36. The van der Waals surface area contributed by atoms with E-state index in [0.717, 1.165) is 0 Å². The molecule has 1 heterocycles. The van der Waals surface area contributed by atoms with E-state index in [-0.39, 0.29) is 18.4 Å². The summed E-state index contributed by atoms with van der Waals surface area (Å²) in [6, 6.07) is 3.22. The van der Waals surface area contributed by atoms with Crippen LogP contribution >= 0.6 is 0 Å². The van der Waals surface area contributed by atoms with Crippen LogP contribution in [0.15, 0.2) is 18.3 Å². The van der Waals surface area contributed by atoms with Crippen molar-refractivity contribution in [2.75, 3.05) is 19.7 Å². The quantitative estimate of drug-likeness (QED) is 0.764. The molecule has 0 aliphatic rings. The van der Waals surface area contributed by atoms with Gasteiger partial charge in [0.15, 0.2) is 0 Å². The van der Waals surface area contributed by atoms with Crippen molar-refractivity contribution < 1.29 is 14.3 Å². The molecule has 1 aromatic heterocycles. The van der Waals surface area contributed by atoms with Crippen molar-refractivity contribution in [3.8, 4) is 5.88 Å². The van der Waals surface area contributed by atoms with Crippen molar-refractivity contribution in [3.05, 3.63) is 23.9 Å². The second-order valence-corrected chi connectivity index (χ2v) is 3.45. The lowest BCUT2D eigenvalue weighted by molar-refractivity contribution is -0.120. The number of likely N-dealkylation sites (N-methyl/N-ethyl adjacent to an activating group) is 1. The zero-order chi connectivity index (χ0) is 13.4. The fraction of sp³-hybridized carbons (Fsp3) is 0.417. The van der Waals surface area contributed by atoms with E-state index < -0.39 is 0 Å². The highest BCUT2D eigenvalue weighted by molar-refractivity contribution is 5.96. The lowest BCUT2D eigenvalue weighted by atomic mass is 10.2. The van der Waals surface area contributed by atoms with Crippen LogP contribution in [0.2, 0.25) is 0 Å². The Kier molecular flexibility index (Phi) is 5.63. The largest absolute Gasteiger partial charge is 0.478 e. The van der Waals surface area contributed by atoms with Gasteiger partial charge in [-0.25, -0.2) is 4.98 Å². The summed E-state index contributed by atoms with van der Waals surface area (Å²) in [5.74, 6) is -0.0840. The number of hydrogen-bond acceptors (Lipinski definition) is 4. The van der Waals surface area contributed by atoms with E-state index in [1.54, 1.807) is 12.1 Å². The van der Waals surface area contributed by atoms with Gasteiger partial charge in [0, 0.05) is 18.8 Å². The molecule has 0 bridgehead atoms. The highest BCUT2D eigenvalue weighted by atomic mass is 16.5. The molecule has 1 rings (SSSR count). The molecule has 0 atom stereocenters. The van der Waals surface area contributed by atoms with Gasteiger partial charge in [-0.3, -0.25) is 9.59 Å². The van der Waals surface area contributed by atoms with Crippen molar-refractivity contribution in [1.82, 2.24) is 15.6 Å². The summed E-state index contributed by atoms with van der Waals surface area (Å²) in [6.07, 6.45) is 1.41. The first-order chi connectivity index (χ1) is 8.67. The van der Waals surface area contributed by atoms with Gasteiger partial charge < -0.3 is 15.4 Å². The van der Waals surface area contributed by atoms with Crippen LogP contribution in [0.25, 0.3) is 0 Å². The first-order valence-corrected chi connectivity index (χ1v) is 5.81. The summed E-state index contributed by atoms with van der Waals surface area (Å²) in [4.78, 5) is 26.8. The summed E-state index contributed by atoms with van der Waals surface area (Å²) >= 11 is 0. The minimum atomic E-state index is -0.336. The molecule has 0 aliphatic carbocycles. The van der Waals surface area contributed by atoms with Crippen LogP contribution < -0.4 is 15.4 Å². The normalized spacial score (nSPS) is 9.67. The van der Waals surface area contributed by atoms with Gasteiger partial charge in [0.1, 0.15) is 0 Å². The van der Waals surface area contributed by atoms with E-state index in [2.05, 4.69) is 15.6 Å². The van der Waals surface area contributed by atoms with Gasteiger partial charge in [-0.1, -0.05) is 0 Å². The Morgan fingerprint density at radius 2 is 2.06 bits per heavy atom. The van der Waals surface area contributed by atoms with Gasteiger partial charge in [0.2, 0.25) is 11.8 Å². The maximum atomic E-state index is 11.7. The molecule has 2 N–H and O–H groups in total. The molecule has 1 aromatic rings. The minimum absolute atomic E-state index is 0.0418. The van der Waals surface area contributed by atoms with E-state index in [1.807, 2.05) is 13.8 Å². The Morgan fingerprint density at radius 3 is 2.61 bits per heavy atom. The smallest absolute Gasteiger partial charge is 0.253 e. The number of aromatic nitrogens is 1. The first kappa shape index (κ1) is 14.0. The number of rotatable bonds is 6. The second kappa shape index (κ2) is 7.26. The average molecular weight is 251 g/mol. The van der Waals surface area contributed by atoms with Gasteiger partial charge in [-0.05, 0) is 19.9 Å². The molecule has 0 fully saturated rings. The number of nitrogens with zero attached hydrogens (tertiary/aromatic N) is 1. The fourth-order valence-electron chi connectivity index (χ4n) is 1.27. The summed E-state index contributed by atoms with van der Waals surface area (Å²) in [5.41, 5.74) is 0.391. The molecule has 0 saturated heterocycles. The van der Waals surface area contributed by atoms with E-state index in [1.165, 1.54) is 6.20 Å². The Morgan fingerprint density at radius 1 is 1.28 bits per heavy atom. The predicted molar refractivity (Wildman–Crippen MR) is 66.4 cm³/mol. The molecule has 0 radical (unpaired) electrons. The number of carbonyl (C=O) groups is 2. The number of carbonyl (C=O) groups excluding carboxylic acids is 2. The van der Waals surface area contributed by atoms with E-state index in [4.69, 9.17) is 4.74 Å². The van der Waals surface area contributed by atoms with E-state index in [0.29, 0.717) is 24.6 Å². The van der Waals surface area contributed by atoms with E-state index in [9.17, 15) is 9.59 Å². The van der Waals surface area contributed by atoms with Gasteiger partial charge in [-0.15, -0.1) is 0 Å². The molecule has 0 spiro atoms. The summed E-state index contributed by atoms with van der Waals surface area (Å²) in [6.45, 7) is 4.69. The monoisotopic (exact) mass is 251 g/mol. The van der Waals surface area contributed by atoms with Crippen molar-refractivity contribution in [2.45, 2.75) is 13.8 Å². The van der Waals surface area contributed by atoms with Gasteiger partial charge >= 0.3 is 0 Å². The topological polar surface area (TPSA) is 80.3 Å². The van der Waals surface area contributed by atoms with Crippen LogP contribution in [0.5, 0.6) is 5.88 Å². The molecule has 0 aliphatic heterocycles. The highest BCUT2D eigenvalue weighted by Crippen LogP contribution is 2.07. The van der Waals surface area contributed by atoms with Crippen LogP contribution in [0.4, 0.5) is 0 Å². The SMILES string of the molecule is CCNC(=O)CNC(=O)c1ccc(OCC)nc1. The molecular formula is C12H17N3O3. The molecule has 18 heavy (non-hydrogen) atoms. The number of hydrogen-bond donors (Lipinski definition) is 2. The van der Waals surface area contributed by atoms with Crippen LogP contribution in [0.1, 0.15) is 24.2 Å². The number of amides is 2. The zero-order valence-electron chi connectivity index (χ0n) is 10.5. The average Bonchev–Trinajstić information content (AvgIpc) is 2.37. The van der Waals surface area contributed by atoms with Gasteiger partial charge in [-0.2, -0.15) is 0 Å². The molecule has 0 unspecified atom stereocenters. The van der Waals surface area contributed by atoms with Crippen molar-refractivity contribution in [1.29, 1.82) is 0 Å². The third-order valence-corrected chi connectivity index (χ3v) is 2.07. The van der Waals surface area contributed by atoms with Crippen molar-refractivity contribution >= 4 is 11.8 Å². The van der Waals surface area contributed by atoms with Gasteiger partial charge in [0.25, 0.3) is 5.91 Å². The van der Waals surface area contributed by atoms with Crippen LogP contribution in [0.3, 0.4) is 0 Å². The molecule has 98 valence electrons. The number of ether oxygens (including phenoxy) is 1. The Hall–Kier alpha value is -2.11. The van der Waals surface area contributed by atoms with Crippen LogP contribution in [0, 0.1) is 0 Å². The Labute approximate surface area is 106 Å². The van der Waals surface area contributed by atoms with Crippen molar-refractivity contribution in [3.63, 3.8) is 0 Å². The Balaban J connectivity index is 2.48. The second-order valence-electron chi connectivity index (χ2n) is 3.45. The first-order valence-electron chi connectivity index (χ1n) is 5.81. The Bertz CT molecular complexity index is 404. The molecule has 0 aromatic carbocycles. The third kappa shape index (κ3) is 4.40. The predicted octanol–water partition coefficient (Wildman–Crippen LogP) is 0.346. The fourth-order valence-corrected chi connectivity index (χ4v) is 1.27. The van der Waals surface area contributed by atoms with Crippen molar-refractivity contribution in [2.24, 2.45) is 0 Å². The standard InChI is InChI=1S/C12H17N3O3/c1-3-13-10(16)8-15-12(17)9-5-6-11(14-7-9)18-4-2/h5-7H,3-4,8H2,1-2H3,(H,13,16)(H,15,17). The summed E-state index contributed by atoms with van der Waals surface area (Å²) in [7, 11) is 0. The van der Waals surface area contributed by atoms with Crippen LogP contribution in [-0.2, 0) is 4.79 Å². The van der Waals surface area contributed by atoms with Gasteiger partial charge in [0.05, 0.1) is 18.7 Å². The van der Waals surface area contributed by atoms with Crippen LogP contribution in [-0.4, -0.2) is 36.5 Å². The molecule has 0 saturated carbocycles.